The van der Waals surface area contributed by atoms with Gasteiger partial charge in [-0.3, -0.25) is 0 Å². The molecule has 1 aromatic rings. The third-order valence-electron chi connectivity index (χ3n) is 3.03. The maximum atomic E-state index is 9.02. The minimum Gasteiger partial charge on any atom is -0.390 e. The third-order valence-corrected chi connectivity index (χ3v) is 4.16. The zero-order valence-corrected chi connectivity index (χ0v) is 12.0. The molecule has 0 saturated carbocycles. The molecule has 2 N–H and O–H groups in total. The average Bonchev–Trinajstić information content (AvgIpc) is 2.76. The number of nitrogens with one attached hydrogen (secondary N) is 1. The van der Waals surface area contributed by atoms with E-state index in [4.69, 9.17) is 5.11 Å². The van der Waals surface area contributed by atoms with Gasteiger partial charge in [0, 0.05) is 17.3 Å². The topological polar surface area (TPSA) is 45.2 Å². The summed E-state index contributed by atoms with van der Waals surface area (Å²) >= 11 is 1.66. The Hall–Kier alpha value is -0.450. The molecular formula is C13H24N2OS. The fourth-order valence-electron chi connectivity index (χ4n) is 1.96. The summed E-state index contributed by atoms with van der Waals surface area (Å²) in [6.45, 7) is 9.92. The van der Waals surface area contributed by atoms with Crippen molar-refractivity contribution in [3.05, 3.63) is 16.1 Å². The number of aliphatic hydroxyl groups is 1. The van der Waals surface area contributed by atoms with Crippen molar-refractivity contribution in [2.24, 2.45) is 5.92 Å². The lowest BCUT2D eigenvalue weighted by Crippen LogP contribution is -2.34. The van der Waals surface area contributed by atoms with Crippen molar-refractivity contribution < 1.29 is 5.11 Å². The summed E-state index contributed by atoms with van der Waals surface area (Å²) in [5.74, 6) is 1.08. The summed E-state index contributed by atoms with van der Waals surface area (Å²) < 4.78 is 0. The Balaban J connectivity index is 2.59. The zero-order chi connectivity index (χ0) is 12.8. The van der Waals surface area contributed by atoms with Gasteiger partial charge in [0.1, 0.15) is 0 Å². The standard InChI is InChI=1S/C13H24N2OS/c1-5-14-12(9(2)3)6-10(4)13-15-11(7-16)8-17-13/h8-10,12,14,16H,5-7H2,1-4H3. The Labute approximate surface area is 108 Å². The van der Waals surface area contributed by atoms with Gasteiger partial charge in [0.2, 0.25) is 0 Å². The van der Waals surface area contributed by atoms with Crippen LogP contribution >= 0.6 is 11.3 Å². The summed E-state index contributed by atoms with van der Waals surface area (Å²) in [5, 5.41) is 15.6. The molecule has 17 heavy (non-hydrogen) atoms. The van der Waals surface area contributed by atoms with Gasteiger partial charge >= 0.3 is 0 Å². The van der Waals surface area contributed by atoms with E-state index in [2.05, 4.69) is 38.0 Å². The van der Waals surface area contributed by atoms with E-state index in [1.807, 2.05) is 5.38 Å². The first-order valence-corrected chi connectivity index (χ1v) is 7.25. The number of aliphatic hydroxyl groups excluding tert-OH is 1. The van der Waals surface area contributed by atoms with Crippen LogP contribution in [0, 0.1) is 5.92 Å². The lowest BCUT2D eigenvalue weighted by atomic mass is 9.94. The number of thiazole rings is 1. The predicted molar refractivity (Wildman–Crippen MR) is 73.4 cm³/mol. The van der Waals surface area contributed by atoms with Crippen LogP contribution in [0.1, 0.15) is 50.7 Å². The molecule has 3 nitrogen and oxygen atoms in total. The van der Waals surface area contributed by atoms with Crippen molar-refractivity contribution in [1.29, 1.82) is 0 Å². The summed E-state index contributed by atoms with van der Waals surface area (Å²) in [6, 6.07) is 0.538. The summed E-state index contributed by atoms with van der Waals surface area (Å²) in [6.07, 6.45) is 1.10. The number of rotatable bonds is 7. The molecule has 0 spiro atoms. The minimum absolute atomic E-state index is 0.0457. The maximum Gasteiger partial charge on any atom is 0.0958 e. The Kier molecular flexibility index (Phi) is 6.09. The van der Waals surface area contributed by atoms with E-state index >= 15 is 0 Å². The number of aromatic nitrogens is 1. The van der Waals surface area contributed by atoms with E-state index in [1.54, 1.807) is 11.3 Å². The van der Waals surface area contributed by atoms with Crippen LogP contribution < -0.4 is 5.32 Å². The SMILES string of the molecule is CCNC(CC(C)c1nc(CO)cs1)C(C)C. The van der Waals surface area contributed by atoms with Crippen LogP contribution in [0.4, 0.5) is 0 Å². The van der Waals surface area contributed by atoms with Gasteiger partial charge in [0.15, 0.2) is 0 Å². The Bertz CT molecular complexity index is 325. The highest BCUT2D eigenvalue weighted by Gasteiger charge is 2.18. The van der Waals surface area contributed by atoms with Crippen LogP contribution in [0.2, 0.25) is 0 Å². The van der Waals surface area contributed by atoms with Gasteiger partial charge in [-0.1, -0.05) is 27.7 Å². The fraction of sp³-hybridized carbons (Fsp3) is 0.769. The molecule has 98 valence electrons. The molecule has 0 aromatic carbocycles. The van der Waals surface area contributed by atoms with E-state index in [0.717, 1.165) is 23.7 Å². The second-order valence-corrected chi connectivity index (χ2v) is 5.77. The van der Waals surface area contributed by atoms with Crippen LogP contribution in [0.3, 0.4) is 0 Å². The highest BCUT2D eigenvalue weighted by Crippen LogP contribution is 2.26. The lowest BCUT2D eigenvalue weighted by Gasteiger charge is -2.24. The van der Waals surface area contributed by atoms with Crippen LogP contribution in [-0.2, 0) is 6.61 Å². The minimum atomic E-state index is 0.0457. The van der Waals surface area contributed by atoms with E-state index < -0.39 is 0 Å². The number of hydrogen-bond acceptors (Lipinski definition) is 4. The molecule has 0 bridgehead atoms. The van der Waals surface area contributed by atoms with Crippen molar-refractivity contribution in [2.75, 3.05) is 6.54 Å². The van der Waals surface area contributed by atoms with Gasteiger partial charge in [-0.2, -0.15) is 0 Å². The van der Waals surface area contributed by atoms with Crippen molar-refractivity contribution in [2.45, 2.75) is 52.7 Å². The first kappa shape index (κ1) is 14.6. The average molecular weight is 256 g/mol. The lowest BCUT2D eigenvalue weighted by molar-refractivity contribution is 0.277. The molecule has 1 heterocycles. The van der Waals surface area contributed by atoms with E-state index in [1.165, 1.54) is 0 Å². The van der Waals surface area contributed by atoms with Gasteiger partial charge in [0.05, 0.1) is 17.3 Å². The first-order chi connectivity index (χ1) is 8.08. The molecule has 4 heteroatoms. The van der Waals surface area contributed by atoms with Gasteiger partial charge < -0.3 is 10.4 Å². The highest BCUT2D eigenvalue weighted by atomic mass is 32.1. The second kappa shape index (κ2) is 7.09. The predicted octanol–water partition coefficient (Wildman–Crippen LogP) is 2.76. The third kappa shape index (κ3) is 4.37. The molecule has 0 aliphatic carbocycles. The molecule has 0 fully saturated rings. The second-order valence-electron chi connectivity index (χ2n) is 4.88. The maximum absolute atomic E-state index is 9.02. The van der Waals surface area contributed by atoms with Crippen LogP contribution in [0.25, 0.3) is 0 Å². The van der Waals surface area contributed by atoms with Crippen molar-refractivity contribution in [1.82, 2.24) is 10.3 Å². The van der Waals surface area contributed by atoms with E-state index in [0.29, 0.717) is 17.9 Å². The Morgan fingerprint density at radius 1 is 1.41 bits per heavy atom. The van der Waals surface area contributed by atoms with Crippen LogP contribution in [0.5, 0.6) is 0 Å². The van der Waals surface area contributed by atoms with Crippen molar-refractivity contribution in [3.8, 4) is 0 Å². The molecule has 0 saturated heterocycles. The Morgan fingerprint density at radius 3 is 2.59 bits per heavy atom. The van der Waals surface area contributed by atoms with Gasteiger partial charge in [0.25, 0.3) is 0 Å². The van der Waals surface area contributed by atoms with Crippen LogP contribution in [0.15, 0.2) is 5.38 Å². The van der Waals surface area contributed by atoms with Crippen molar-refractivity contribution in [3.63, 3.8) is 0 Å². The molecule has 2 unspecified atom stereocenters. The van der Waals surface area contributed by atoms with E-state index in [9.17, 15) is 0 Å². The Morgan fingerprint density at radius 2 is 2.12 bits per heavy atom. The molecule has 0 aliphatic rings. The zero-order valence-electron chi connectivity index (χ0n) is 11.2. The number of hydrogen-bond donors (Lipinski definition) is 2. The molecule has 1 rings (SSSR count). The quantitative estimate of drug-likeness (QED) is 0.788. The van der Waals surface area contributed by atoms with Crippen LogP contribution in [-0.4, -0.2) is 22.7 Å². The molecule has 0 aliphatic heterocycles. The normalized spacial score (nSPS) is 15.2. The molecular weight excluding hydrogens is 232 g/mol. The van der Waals surface area contributed by atoms with E-state index in [-0.39, 0.29) is 6.61 Å². The number of nitrogens with zero attached hydrogens (tertiary/aromatic N) is 1. The summed E-state index contributed by atoms with van der Waals surface area (Å²) in [4.78, 5) is 4.44. The molecule has 0 amide bonds. The fourth-order valence-corrected chi connectivity index (χ4v) is 2.84. The van der Waals surface area contributed by atoms with Gasteiger partial charge in [-0.15, -0.1) is 11.3 Å². The highest BCUT2D eigenvalue weighted by molar-refractivity contribution is 7.09. The summed E-state index contributed by atoms with van der Waals surface area (Å²) in [7, 11) is 0. The first-order valence-electron chi connectivity index (χ1n) is 6.37. The summed E-state index contributed by atoms with van der Waals surface area (Å²) in [5.41, 5.74) is 0.793. The molecule has 1 aromatic heterocycles. The monoisotopic (exact) mass is 256 g/mol. The largest absolute Gasteiger partial charge is 0.390 e. The smallest absolute Gasteiger partial charge is 0.0958 e. The van der Waals surface area contributed by atoms with Gasteiger partial charge in [-0.25, -0.2) is 4.98 Å². The molecule has 0 radical (unpaired) electrons. The van der Waals surface area contributed by atoms with Crippen molar-refractivity contribution >= 4 is 11.3 Å². The molecule has 2 atom stereocenters. The van der Waals surface area contributed by atoms with Gasteiger partial charge in [-0.05, 0) is 18.9 Å².